The van der Waals surface area contributed by atoms with Crippen molar-refractivity contribution in [3.63, 3.8) is 0 Å². The van der Waals surface area contributed by atoms with Gasteiger partial charge >= 0.3 is 0 Å². The molecule has 0 aromatic heterocycles. The molecule has 2 aromatic rings. The lowest BCUT2D eigenvalue weighted by Gasteiger charge is -2.26. The van der Waals surface area contributed by atoms with Gasteiger partial charge in [-0.05, 0) is 35.1 Å². The molecule has 0 aliphatic rings. The first-order chi connectivity index (χ1) is 9.73. The molecule has 1 atom stereocenters. The summed E-state index contributed by atoms with van der Waals surface area (Å²) >= 11 is 0. The monoisotopic (exact) mass is 289 g/mol. The van der Waals surface area contributed by atoms with E-state index < -0.39 is 17.7 Å². The van der Waals surface area contributed by atoms with E-state index in [1.165, 1.54) is 12.1 Å². The highest BCUT2D eigenvalue weighted by Crippen LogP contribution is 2.33. The highest BCUT2D eigenvalue weighted by Gasteiger charge is 2.25. The fourth-order valence-electron chi connectivity index (χ4n) is 2.57. The van der Waals surface area contributed by atoms with Crippen molar-refractivity contribution < 1.29 is 8.78 Å². The fourth-order valence-corrected chi connectivity index (χ4v) is 2.57. The maximum atomic E-state index is 14.3. The van der Waals surface area contributed by atoms with Crippen molar-refractivity contribution >= 4 is 0 Å². The first kappa shape index (κ1) is 15.6. The van der Waals surface area contributed by atoms with E-state index in [1.54, 1.807) is 6.92 Å². The van der Waals surface area contributed by atoms with Gasteiger partial charge in [-0.3, -0.25) is 0 Å². The number of benzene rings is 2. The van der Waals surface area contributed by atoms with Gasteiger partial charge in [-0.2, -0.15) is 0 Å². The number of rotatable bonds is 2. The summed E-state index contributed by atoms with van der Waals surface area (Å²) in [7, 11) is 0. The van der Waals surface area contributed by atoms with Crippen LogP contribution in [0.4, 0.5) is 8.78 Å². The molecule has 2 rings (SSSR count). The number of hydrogen-bond donors (Lipinski definition) is 1. The van der Waals surface area contributed by atoms with Crippen molar-refractivity contribution in [2.24, 2.45) is 5.73 Å². The Morgan fingerprint density at radius 2 is 1.62 bits per heavy atom. The zero-order chi connectivity index (χ0) is 15.8. The highest BCUT2D eigenvalue weighted by molar-refractivity contribution is 5.42. The summed E-state index contributed by atoms with van der Waals surface area (Å²) in [6.45, 7) is 7.78. The van der Waals surface area contributed by atoms with E-state index in [2.05, 4.69) is 20.8 Å². The molecule has 0 aliphatic carbocycles. The lowest BCUT2D eigenvalue weighted by molar-refractivity contribution is 0.530. The number of halogens is 2. The first-order valence-corrected chi connectivity index (χ1v) is 7.03. The van der Waals surface area contributed by atoms with E-state index in [4.69, 9.17) is 5.73 Å². The van der Waals surface area contributed by atoms with Gasteiger partial charge in [-0.1, -0.05) is 51.1 Å². The second-order valence-corrected chi connectivity index (χ2v) is 6.41. The standard InChI is InChI=1S/C18H21F2N/c1-11-9-10-14(19)15(16(11)20)17(21)12-7-5-6-8-13(12)18(2,3)4/h5-10,17H,21H2,1-4H3. The molecule has 0 spiro atoms. The van der Waals surface area contributed by atoms with Crippen molar-refractivity contribution in [3.05, 3.63) is 70.3 Å². The van der Waals surface area contributed by atoms with E-state index in [9.17, 15) is 8.78 Å². The quantitative estimate of drug-likeness (QED) is 0.857. The Labute approximate surface area is 124 Å². The second-order valence-electron chi connectivity index (χ2n) is 6.41. The van der Waals surface area contributed by atoms with Crippen LogP contribution in [0.2, 0.25) is 0 Å². The molecule has 0 fully saturated rings. The predicted molar refractivity (Wildman–Crippen MR) is 82.3 cm³/mol. The lowest BCUT2D eigenvalue weighted by atomic mass is 9.80. The van der Waals surface area contributed by atoms with Gasteiger partial charge in [0.15, 0.2) is 0 Å². The van der Waals surface area contributed by atoms with Crippen LogP contribution >= 0.6 is 0 Å². The predicted octanol–water partition coefficient (Wildman–Crippen LogP) is 4.62. The Morgan fingerprint density at radius 1 is 1.00 bits per heavy atom. The third-order valence-electron chi connectivity index (χ3n) is 3.73. The summed E-state index contributed by atoms with van der Waals surface area (Å²) in [5, 5.41) is 0. The molecule has 1 unspecified atom stereocenters. The van der Waals surface area contributed by atoms with Crippen LogP contribution in [-0.2, 0) is 5.41 Å². The minimum absolute atomic E-state index is 0.0632. The van der Waals surface area contributed by atoms with Gasteiger partial charge in [0, 0.05) is 5.56 Å². The molecule has 0 saturated heterocycles. The molecule has 0 heterocycles. The van der Waals surface area contributed by atoms with Crippen LogP contribution in [0, 0.1) is 18.6 Å². The van der Waals surface area contributed by atoms with E-state index in [1.807, 2.05) is 24.3 Å². The Hall–Kier alpha value is -1.74. The molecule has 1 nitrogen and oxygen atoms in total. The zero-order valence-electron chi connectivity index (χ0n) is 12.9. The summed E-state index contributed by atoms with van der Waals surface area (Å²) in [6, 6.07) is 9.44. The molecular weight excluding hydrogens is 268 g/mol. The van der Waals surface area contributed by atoms with Gasteiger partial charge in [0.25, 0.3) is 0 Å². The maximum Gasteiger partial charge on any atom is 0.134 e. The minimum atomic E-state index is -0.819. The molecule has 0 radical (unpaired) electrons. The average Bonchev–Trinajstić information content (AvgIpc) is 2.42. The molecule has 3 heteroatoms. The van der Waals surface area contributed by atoms with Gasteiger partial charge in [-0.25, -0.2) is 8.78 Å². The normalized spacial score (nSPS) is 13.3. The fraction of sp³-hybridized carbons (Fsp3) is 0.333. The van der Waals surface area contributed by atoms with Crippen LogP contribution in [-0.4, -0.2) is 0 Å². The second kappa shape index (κ2) is 5.57. The summed E-state index contributed by atoms with van der Waals surface area (Å²) in [4.78, 5) is 0. The Bertz CT molecular complexity index is 657. The number of hydrogen-bond acceptors (Lipinski definition) is 1. The Morgan fingerprint density at radius 3 is 2.24 bits per heavy atom. The highest BCUT2D eigenvalue weighted by atomic mass is 19.1. The van der Waals surface area contributed by atoms with Crippen molar-refractivity contribution in [1.29, 1.82) is 0 Å². The smallest absolute Gasteiger partial charge is 0.134 e. The maximum absolute atomic E-state index is 14.3. The summed E-state index contributed by atoms with van der Waals surface area (Å²) in [5.41, 5.74) is 8.15. The molecule has 0 saturated carbocycles. The van der Waals surface area contributed by atoms with Crippen LogP contribution < -0.4 is 5.73 Å². The van der Waals surface area contributed by atoms with Gasteiger partial charge < -0.3 is 5.73 Å². The van der Waals surface area contributed by atoms with E-state index in [-0.39, 0.29) is 11.0 Å². The third kappa shape index (κ3) is 2.98. The number of nitrogens with two attached hydrogens (primary N) is 1. The van der Waals surface area contributed by atoms with Crippen molar-refractivity contribution in [2.45, 2.75) is 39.2 Å². The zero-order valence-corrected chi connectivity index (χ0v) is 12.9. The van der Waals surface area contributed by atoms with Crippen LogP contribution in [0.25, 0.3) is 0 Å². The van der Waals surface area contributed by atoms with E-state index in [0.717, 1.165) is 11.1 Å². The van der Waals surface area contributed by atoms with Gasteiger partial charge in [0.2, 0.25) is 0 Å². The first-order valence-electron chi connectivity index (χ1n) is 7.03. The Kier molecular flexibility index (Phi) is 4.15. The van der Waals surface area contributed by atoms with Crippen molar-refractivity contribution in [2.75, 3.05) is 0 Å². The summed E-state index contributed by atoms with van der Waals surface area (Å²) in [6.07, 6.45) is 0. The Balaban J connectivity index is 2.62. The van der Waals surface area contributed by atoms with E-state index >= 15 is 0 Å². The van der Waals surface area contributed by atoms with Crippen LogP contribution in [0.3, 0.4) is 0 Å². The summed E-state index contributed by atoms with van der Waals surface area (Å²) in [5.74, 6) is -1.17. The summed E-state index contributed by atoms with van der Waals surface area (Å²) < 4.78 is 28.4. The van der Waals surface area contributed by atoms with Crippen LogP contribution in [0.15, 0.2) is 36.4 Å². The average molecular weight is 289 g/mol. The van der Waals surface area contributed by atoms with Gasteiger partial charge in [0.1, 0.15) is 11.6 Å². The molecule has 2 aromatic carbocycles. The van der Waals surface area contributed by atoms with Crippen molar-refractivity contribution in [3.8, 4) is 0 Å². The molecule has 2 N–H and O–H groups in total. The molecule has 0 aliphatic heterocycles. The van der Waals surface area contributed by atoms with Gasteiger partial charge in [0.05, 0.1) is 6.04 Å². The van der Waals surface area contributed by atoms with E-state index in [0.29, 0.717) is 5.56 Å². The molecule has 0 amide bonds. The molecule has 21 heavy (non-hydrogen) atoms. The molecule has 0 bridgehead atoms. The van der Waals surface area contributed by atoms with Crippen molar-refractivity contribution in [1.82, 2.24) is 0 Å². The largest absolute Gasteiger partial charge is 0.320 e. The number of aryl methyl sites for hydroxylation is 1. The third-order valence-corrected chi connectivity index (χ3v) is 3.73. The SMILES string of the molecule is Cc1ccc(F)c(C(N)c2ccccc2C(C)(C)C)c1F. The van der Waals surface area contributed by atoms with Crippen LogP contribution in [0.5, 0.6) is 0 Å². The van der Waals surface area contributed by atoms with Crippen LogP contribution in [0.1, 0.15) is 49.1 Å². The molecule has 112 valence electrons. The minimum Gasteiger partial charge on any atom is -0.320 e. The topological polar surface area (TPSA) is 26.0 Å². The molecular formula is C18H21F2N. The van der Waals surface area contributed by atoms with Gasteiger partial charge in [-0.15, -0.1) is 0 Å². The lowest BCUT2D eigenvalue weighted by Crippen LogP contribution is -2.22.